The molecule has 0 aromatic heterocycles. The predicted octanol–water partition coefficient (Wildman–Crippen LogP) is 1.24. The van der Waals surface area contributed by atoms with Crippen LogP contribution >= 0.6 is 0 Å². The molecule has 0 saturated carbocycles. The van der Waals surface area contributed by atoms with Crippen LogP contribution in [0.5, 0.6) is 0 Å². The van der Waals surface area contributed by atoms with E-state index in [4.69, 9.17) is 10.5 Å². The van der Waals surface area contributed by atoms with Gasteiger partial charge >= 0.3 is 5.97 Å². The summed E-state index contributed by atoms with van der Waals surface area (Å²) in [5, 5.41) is 3.19. The minimum Gasteiger partial charge on any atom is -0.469 e. The van der Waals surface area contributed by atoms with E-state index in [0.29, 0.717) is 19.5 Å². The summed E-state index contributed by atoms with van der Waals surface area (Å²) in [5.74, 6) is -0.399. The van der Waals surface area contributed by atoms with Crippen LogP contribution in [0.15, 0.2) is 30.3 Å². The maximum absolute atomic E-state index is 11.4. The molecule has 1 aromatic rings. The van der Waals surface area contributed by atoms with E-state index in [1.807, 2.05) is 30.3 Å². The van der Waals surface area contributed by atoms with Gasteiger partial charge in [-0.05, 0) is 25.1 Å². The van der Waals surface area contributed by atoms with Crippen LogP contribution in [0.1, 0.15) is 6.42 Å². The molecule has 0 aliphatic carbocycles. The van der Waals surface area contributed by atoms with Crippen molar-refractivity contribution in [2.75, 3.05) is 25.5 Å². The molecule has 0 heterocycles. The number of hydrogen-bond acceptors (Lipinski definition) is 4. The molecule has 88 valence electrons. The fraction of sp³-hybridized carbons (Fsp3) is 0.417. The van der Waals surface area contributed by atoms with Crippen molar-refractivity contribution in [3.05, 3.63) is 30.3 Å². The molecule has 0 spiro atoms. The van der Waals surface area contributed by atoms with Crippen LogP contribution in [0.25, 0.3) is 0 Å². The smallest absolute Gasteiger partial charge is 0.310 e. The number of anilines is 1. The van der Waals surface area contributed by atoms with Gasteiger partial charge in [0.25, 0.3) is 0 Å². The number of ether oxygens (including phenoxy) is 1. The predicted molar refractivity (Wildman–Crippen MR) is 64.1 cm³/mol. The Labute approximate surface area is 95.8 Å². The first kappa shape index (κ1) is 12.5. The fourth-order valence-corrected chi connectivity index (χ4v) is 1.47. The number of nitrogens with one attached hydrogen (secondary N) is 1. The summed E-state index contributed by atoms with van der Waals surface area (Å²) >= 11 is 0. The molecule has 4 heteroatoms. The quantitative estimate of drug-likeness (QED) is 0.711. The minimum atomic E-state index is -0.214. The molecule has 0 saturated heterocycles. The lowest BCUT2D eigenvalue weighted by atomic mass is 10.1. The second kappa shape index (κ2) is 6.85. The summed E-state index contributed by atoms with van der Waals surface area (Å²) in [5.41, 5.74) is 6.45. The van der Waals surface area contributed by atoms with Crippen molar-refractivity contribution in [2.45, 2.75) is 6.42 Å². The van der Waals surface area contributed by atoms with E-state index in [2.05, 4.69) is 5.32 Å². The van der Waals surface area contributed by atoms with Crippen LogP contribution in [0.3, 0.4) is 0 Å². The van der Waals surface area contributed by atoms with E-state index in [0.717, 1.165) is 5.69 Å². The molecule has 0 bridgehead atoms. The fourth-order valence-electron chi connectivity index (χ4n) is 1.47. The monoisotopic (exact) mass is 222 g/mol. The normalized spacial score (nSPS) is 11.9. The Hall–Kier alpha value is -1.55. The highest BCUT2D eigenvalue weighted by Crippen LogP contribution is 2.09. The molecule has 1 unspecified atom stereocenters. The van der Waals surface area contributed by atoms with Gasteiger partial charge < -0.3 is 15.8 Å². The maximum Gasteiger partial charge on any atom is 0.310 e. The molecule has 0 aliphatic heterocycles. The molecule has 16 heavy (non-hydrogen) atoms. The zero-order valence-corrected chi connectivity index (χ0v) is 9.48. The topological polar surface area (TPSA) is 64.3 Å². The summed E-state index contributed by atoms with van der Waals surface area (Å²) in [6.07, 6.45) is 0.631. The van der Waals surface area contributed by atoms with Gasteiger partial charge in [0.15, 0.2) is 0 Å². The molecule has 1 rings (SSSR count). The lowest BCUT2D eigenvalue weighted by Crippen LogP contribution is -2.26. The van der Waals surface area contributed by atoms with E-state index in [9.17, 15) is 4.79 Å². The Balaban J connectivity index is 2.47. The summed E-state index contributed by atoms with van der Waals surface area (Å²) in [4.78, 5) is 11.4. The SMILES string of the molecule is COC(=O)C(CCN)CNc1ccccc1. The molecule has 1 aromatic carbocycles. The van der Waals surface area contributed by atoms with Gasteiger partial charge in [0, 0.05) is 12.2 Å². The van der Waals surface area contributed by atoms with Crippen molar-refractivity contribution in [1.82, 2.24) is 0 Å². The summed E-state index contributed by atoms with van der Waals surface area (Å²) in [6.45, 7) is 1.03. The van der Waals surface area contributed by atoms with Crippen LogP contribution in [0.2, 0.25) is 0 Å². The molecule has 3 N–H and O–H groups in total. The largest absolute Gasteiger partial charge is 0.469 e. The van der Waals surface area contributed by atoms with Crippen molar-refractivity contribution in [2.24, 2.45) is 11.7 Å². The van der Waals surface area contributed by atoms with Gasteiger partial charge in [0.1, 0.15) is 0 Å². The third-order valence-electron chi connectivity index (χ3n) is 2.38. The molecule has 0 fully saturated rings. The van der Waals surface area contributed by atoms with Gasteiger partial charge in [-0.1, -0.05) is 18.2 Å². The number of hydrogen-bond donors (Lipinski definition) is 2. The highest BCUT2D eigenvalue weighted by Gasteiger charge is 2.17. The number of para-hydroxylation sites is 1. The molecule has 0 radical (unpaired) electrons. The van der Waals surface area contributed by atoms with Crippen molar-refractivity contribution in [3.8, 4) is 0 Å². The van der Waals surface area contributed by atoms with Crippen LogP contribution in [0.4, 0.5) is 5.69 Å². The Kier molecular flexibility index (Phi) is 5.36. The number of carbonyl (C=O) groups excluding carboxylic acids is 1. The molecular formula is C12H18N2O2. The number of nitrogens with two attached hydrogens (primary N) is 1. The highest BCUT2D eigenvalue weighted by molar-refractivity contribution is 5.73. The first-order valence-electron chi connectivity index (χ1n) is 5.34. The van der Waals surface area contributed by atoms with E-state index in [-0.39, 0.29) is 11.9 Å². The second-order valence-electron chi connectivity index (χ2n) is 3.54. The number of benzene rings is 1. The Morgan fingerprint density at radius 1 is 1.44 bits per heavy atom. The second-order valence-corrected chi connectivity index (χ2v) is 3.54. The van der Waals surface area contributed by atoms with Gasteiger partial charge in [-0.25, -0.2) is 0 Å². The summed E-state index contributed by atoms with van der Waals surface area (Å²) in [6, 6.07) is 9.74. The van der Waals surface area contributed by atoms with E-state index in [1.165, 1.54) is 7.11 Å². The lowest BCUT2D eigenvalue weighted by Gasteiger charge is -2.15. The molecular weight excluding hydrogens is 204 g/mol. The Morgan fingerprint density at radius 3 is 2.69 bits per heavy atom. The van der Waals surface area contributed by atoms with Gasteiger partial charge in [-0.15, -0.1) is 0 Å². The average Bonchev–Trinajstić information content (AvgIpc) is 2.34. The Bertz CT molecular complexity index is 314. The van der Waals surface area contributed by atoms with Crippen LogP contribution in [-0.4, -0.2) is 26.2 Å². The molecule has 0 amide bonds. The van der Waals surface area contributed by atoms with Gasteiger partial charge in [0.2, 0.25) is 0 Å². The minimum absolute atomic E-state index is 0.185. The zero-order valence-electron chi connectivity index (χ0n) is 9.48. The number of carbonyl (C=O) groups is 1. The van der Waals surface area contributed by atoms with Gasteiger partial charge in [-0.3, -0.25) is 4.79 Å². The first-order valence-corrected chi connectivity index (χ1v) is 5.34. The number of rotatable bonds is 6. The molecule has 0 aliphatic rings. The standard InChI is InChI=1S/C12H18N2O2/c1-16-12(15)10(7-8-13)9-14-11-5-3-2-4-6-11/h2-6,10,14H,7-9,13H2,1H3. The third-order valence-corrected chi connectivity index (χ3v) is 2.38. The van der Waals surface area contributed by atoms with E-state index >= 15 is 0 Å². The highest BCUT2D eigenvalue weighted by atomic mass is 16.5. The lowest BCUT2D eigenvalue weighted by molar-refractivity contribution is -0.145. The van der Waals surface area contributed by atoms with Crippen LogP contribution in [-0.2, 0) is 9.53 Å². The van der Waals surface area contributed by atoms with Crippen LogP contribution < -0.4 is 11.1 Å². The van der Waals surface area contributed by atoms with Crippen LogP contribution in [0, 0.1) is 5.92 Å². The summed E-state index contributed by atoms with van der Waals surface area (Å²) < 4.78 is 4.72. The van der Waals surface area contributed by atoms with E-state index in [1.54, 1.807) is 0 Å². The van der Waals surface area contributed by atoms with Crippen molar-refractivity contribution < 1.29 is 9.53 Å². The molecule has 4 nitrogen and oxygen atoms in total. The molecule has 1 atom stereocenters. The summed E-state index contributed by atoms with van der Waals surface area (Å²) in [7, 11) is 1.40. The van der Waals surface area contributed by atoms with Crippen molar-refractivity contribution in [1.29, 1.82) is 0 Å². The van der Waals surface area contributed by atoms with Crippen molar-refractivity contribution in [3.63, 3.8) is 0 Å². The third kappa shape index (κ3) is 3.90. The Morgan fingerprint density at radius 2 is 2.12 bits per heavy atom. The van der Waals surface area contributed by atoms with E-state index < -0.39 is 0 Å². The number of esters is 1. The number of methoxy groups -OCH3 is 1. The zero-order chi connectivity index (χ0) is 11.8. The first-order chi connectivity index (χ1) is 7.77. The average molecular weight is 222 g/mol. The van der Waals surface area contributed by atoms with Crippen molar-refractivity contribution >= 4 is 11.7 Å². The maximum atomic E-state index is 11.4. The van der Waals surface area contributed by atoms with Gasteiger partial charge in [-0.2, -0.15) is 0 Å². The van der Waals surface area contributed by atoms with Gasteiger partial charge in [0.05, 0.1) is 13.0 Å².